The maximum Gasteiger partial charge on any atom is 0.162 e. The van der Waals surface area contributed by atoms with E-state index in [1.165, 1.54) is 5.57 Å². The summed E-state index contributed by atoms with van der Waals surface area (Å²) in [4.78, 5) is 11.8. The van der Waals surface area contributed by atoms with Crippen LogP contribution in [0.1, 0.15) is 46.5 Å². The fourth-order valence-corrected chi connectivity index (χ4v) is 1.64. The van der Waals surface area contributed by atoms with E-state index < -0.39 is 0 Å². The monoisotopic (exact) mass is 192 g/mol. The zero-order chi connectivity index (χ0) is 10.6. The smallest absolute Gasteiger partial charge is 0.162 e. The van der Waals surface area contributed by atoms with Crippen molar-refractivity contribution in [3.63, 3.8) is 0 Å². The average molecular weight is 192 g/mol. The van der Waals surface area contributed by atoms with Crippen LogP contribution >= 0.6 is 0 Å². The zero-order valence-electron chi connectivity index (χ0n) is 9.47. The van der Waals surface area contributed by atoms with E-state index in [2.05, 4.69) is 26.8 Å². The Kier molecular flexibility index (Phi) is 4.12. The van der Waals surface area contributed by atoms with Crippen LogP contribution in [0, 0.1) is 5.92 Å². The largest absolute Gasteiger partial charge is 0.294 e. The maximum absolute atomic E-state index is 11.8. The Balaban J connectivity index is 2.96. The molecule has 0 saturated heterocycles. The van der Waals surface area contributed by atoms with Gasteiger partial charge in [-0.15, -0.1) is 0 Å². The highest BCUT2D eigenvalue weighted by Gasteiger charge is 2.13. The first-order valence-electron chi connectivity index (χ1n) is 5.53. The third kappa shape index (κ3) is 2.83. The Morgan fingerprint density at radius 2 is 2.07 bits per heavy atom. The molecule has 1 nitrogen and oxygen atoms in total. The number of allylic oxidation sites excluding steroid dienone is 4. The van der Waals surface area contributed by atoms with Crippen molar-refractivity contribution in [2.24, 2.45) is 5.92 Å². The van der Waals surface area contributed by atoms with Gasteiger partial charge in [-0.1, -0.05) is 31.6 Å². The molecule has 1 aliphatic carbocycles. The predicted octanol–water partition coefficient (Wildman–Crippen LogP) is 3.66. The molecule has 0 radical (unpaired) electrons. The van der Waals surface area contributed by atoms with Gasteiger partial charge in [-0.25, -0.2) is 0 Å². The Morgan fingerprint density at radius 1 is 1.36 bits per heavy atom. The summed E-state index contributed by atoms with van der Waals surface area (Å²) in [6.07, 6.45) is 8.19. The van der Waals surface area contributed by atoms with E-state index in [0.717, 1.165) is 31.3 Å². The minimum Gasteiger partial charge on any atom is -0.294 e. The second-order valence-corrected chi connectivity index (χ2v) is 4.32. The standard InChI is InChI=1S/C13H20O/c1-10(2)11(3)12-8-6-4-5-7-9-13(12)14/h6,8,10H,4-5,7,9H2,1-3H3/b8-6-,12-11-. The summed E-state index contributed by atoms with van der Waals surface area (Å²) in [6, 6.07) is 0. The third-order valence-corrected chi connectivity index (χ3v) is 2.90. The fraction of sp³-hybridized carbons (Fsp3) is 0.615. The highest BCUT2D eigenvalue weighted by molar-refractivity contribution is 5.98. The minimum atomic E-state index is 0.326. The lowest BCUT2D eigenvalue weighted by atomic mass is 9.92. The summed E-state index contributed by atoms with van der Waals surface area (Å²) in [7, 11) is 0. The van der Waals surface area contributed by atoms with Crippen LogP contribution in [0.2, 0.25) is 0 Å². The molecule has 0 saturated carbocycles. The quantitative estimate of drug-likeness (QED) is 0.579. The van der Waals surface area contributed by atoms with Gasteiger partial charge in [0.25, 0.3) is 0 Å². The molecule has 0 fully saturated rings. The van der Waals surface area contributed by atoms with Gasteiger partial charge in [0.1, 0.15) is 0 Å². The van der Waals surface area contributed by atoms with Crippen molar-refractivity contribution < 1.29 is 4.79 Å². The SMILES string of the molecule is C/C(=C1\C=C/CCCCC1=O)C(C)C. The number of carbonyl (C=O) groups is 1. The molecule has 14 heavy (non-hydrogen) atoms. The molecule has 0 aromatic rings. The second-order valence-electron chi connectivity index (χ2n) is 4.32. The second kappa shape index (κ2) is 5.14. The van der Waals surface area contributed by atoms with E-state index in [1.54, 1.807) is 0 Å². The van der Waals surface area contributed by atoms with Crippen molar-refractivity contribution in [3.8, 4) is 0 Å². The Morgan fingerprint density at radius 3 is 2.71 bits per heavy atom. The number of ketones is 1. The van der Waals surface area contributed by atoms with Gasteiger partial charge in [0, 0.05) is 12.0 Å². The molecule has 0 unspecified atom stereocenters. The molecule has 0 heterocycles. The number of rotatable bonds is 1. The van der Waals surface area contributed by atoms with Crippen LogP contribution in [0.5, 0.6) is 0 Å². The molecule has 0 spiro atoms. The van der Waals surface area contributed by atoms with Crippen LogP contribution in [0.4, 0.5) is 0 Å². The van der Waals surface area contributed by atoms with Gasteiger partial charge in [0.2, 0.25) is 0 Å². The molecule has 0 bridgehead atoms. The van der Waals surface area contributed by atoms with Gasteiger partial charge in [0.05, 0.1) is 0 Å². The highest BCUT2D eigenvalue weighted by atomic mass is 16.1. The molecule has 1 heteroatoms. The first-order chi connectivity index (χ1) is 6.63. The number of hydrogen-bond acceptors (Lipinski definition) is 1. The van der Waals surface area contributed by atoms with Crippen LogP contribution in [0.25, 0.3) is 0 Å². The summed E-state index contributed by atoms with van der Waals surface area (Å²) >= 11 is 0. The van der Waals surface area contributed by atoms with Crippen LogP contribution < -0.4 is 0 Å². The molecule has 1 rings (SSSR count). The summed E-state index contributed by atoms with van der Waals surface area (Å²) in [5.74, 6) is 0.796. The summed E-state index contributed by atoms with van der Waals surface area (Å²) in [5.41, 5.74) is 2.19. The van der Waals surface area contributed by atoms with Crippen LogP contribution in [0.3, 0.4) is 0 Å². The first-order valence-corrected chi connectivity index (χ1v) is 5.53. The van der Waals surface area contributed by atoms with E-state index >= 15 is 0 Å². The van der Waals surface area contributed by atoms with E-state index in [1.807, 2.05) is 6.08 Å². The lowest BCUT2D eigenvalue weighted by Gasteiger charge is -2.12. The van der Waals surface area contributed by atoms with Gasteiger partial charge in [0.15, 0.2) is 5.78 Å². The summed E-state index contributed by atoms with van der Waals surface area (Å²) < 4.78 is 0. The van der Waals surface area contributed by atoms with Crippen molar-refractivity contribution >= 4 is 5.78 Å². The van der Waals surface area contributed by atoms with Crippen LogP contribution in [0.15, 0.2) is 23.3 Å². The first kappa shape index (κ1) is 11.2. The van der Waals surface area contributed by atoms with Gasteiger partial charge in [-0.3, -0.25) is 4.79 Å². The van der Waals surface area contributed by atoms with E-state index in [-0.39, 0.29) is 0 Å². The Hall–Kier alpha value is -0.850. The molecule has 1 aliphatic rings. The molecule has 78 valence electrons. The van der Waals surface area contributed by atoms with E-state index in [4.69, 9.17) is 0 Å². The lowest BCUT2D eigenvalue weighted by molar-refractivity contribution is -0.115. The fourth-order valence-electron chi connectivity index (χ4n) is 1.64. The topological polar surface area (TPSA) is 17.1 Å². The Bertz CT molecular complexity index is 269. The van der Waals surface area contributed by atoms with Gasteiger partial charge < -0.3 is 0 Å². The van der Waals surface area contributed by atoms with Gasteiger partial charge in [-0.05, 0) is 32.1 Å². The van der Waals surface area contributed by atoms with Crippen molar-refractivity contribution in [2.75, 3.05) is 0 Å². The maximum atomic E-state index is 11.8. The van der Waals surface area contributed by atoms with Crippen LogP contribution in [-0.2, 0) is 4.79 Å². The number of hydrogen-bond donors (Lipinski definition) is 0. The van der Waals surface area contributed by atoms with Crippen LogP contribution in [-0.4, -0.2) is 5.78 Å². The van der Waals surface area contributed by atoms with Crippen molar-refractivity contribution in [1.82, 2.24) is 0 Å². The third-order valence-electron chi connectivity index (χ3n) is 2.90. The number of Topliss-reactive ketones (excluding diaryl/α,β-unsaturated/α-hetero) is 1. The highest BCUT2D eigenvalue weighted by Crippen LogP contribution is 2.20. The zero-order valence-corrected chi connectivity index (χ0v) is 9.47. The van der Waals surface area contributed by atoms with Crippen molar-refractivity contribution in [2.45, 2.75) is 46.5 Å². The Labute approximate surface area is 86.9 Å². The summed E-state index contributed by atoms with van der Waals surface area (Å²) in [6.45, 7) is 6.36. The number of carbonyl (C=O) groups excluding carboxylic acids is 1. The summed E-state index contributed by atoms with van der Waals surface area (Å²) in [5, 5.41) is 0. The van der Waals surface area contributed by atoms with Gasteiger partial charge >= 0.3 is 0 Å². The predicted molar refractivity (Wildman–Crippen MR) is 60.2 cm³/mol. The molecule has 0 amide bonds. The molecular weight excluding hydrogens is 172 g/mol. The van der Waals surface area contributed by atoms with E-state index in [0.29, 0.717) is 11.7 Å². The van der Waals surface area contributed by atoms with Crippen molar-refractivity contribution in [1.29, 1.82) is 0 Å². The molecule has 0 aromatic carbocycles. The lowest BCUT2D eigenvalue weighted by Crippen LogP contribution is -2.07. The van der Waals surface area contributed by atoms with Gasteiger partial charge in [-0.2, -0.15) is 0 Å². The minimum absolute atomic E-state index is 0.326. The molecule has 0 atom stereocenters. The normalized spacial score (nSPS) is 24.4. The van der Waals surface area contributed by atoms with Crippen molar-refractivity contribution in [3.05, 3.63) is 23.3 Å². The van der Waals surface area contributed by atoms with E-state index in [9.17, 15) is 4.79 Å². The molecular formula is C13H20O. The molecule has 0 aromatic heterocycles. The average Bonchev–Trinajstić information content (AvgIpc) is 2.11. The molecule has 0 aliphatic heterocycles. The molecule has 0 N–H and O–H groups in total.